The second-order valence-electron chi connectivity index (χ2n) is 3.09. The molecule has 1 heterocycles. The van der Waals surface area contributed by atoms with Crippen LogP contribution >= 0.6 is 57.1 Å². The van der Waals surface area contributed by atoms with Crippen LogP contribution in [0.4, 0.5) is 0 Å². The van der Waals surface area contributed by atoms with Crippen molar-refractivity contribution in [2.24, 2.45) is 0 Å². The van der Waals surface area contributed by atoms with Gasteiger partial charge in [0.15, 0.2) is 5.78 Å². The van der Waals surface area contributed by atoms with E-state index < -0.39 is 0 Å². The highest BCUT2D eigenvalue weighted by atomic mass is 127. The van der Waals surface area contributed by atoms with Gasteiger partial charge in [0, 0.05) is 21.5 Å². The molecule has 0 aliphatic carbocycles. The molecule has 0 spiro atoms. The molecule has 0 atom stereocenters. The first-order valence-corrected chi connectivity index (χ1v) is 7.03. The number of hydrogen-bond donors (Lipinski definition) is 0. The molecule has 0 saturated carbocycles. The summed E-state index contributed by atoms with van der Waals surface area (Å²) in [7, 11) is 0. The second kappa shape index (κ2) is 5.04. The van der Waals surface area contributed by atoms with Crippen LogP contribution in [0, 0.1) is 2.88 Å². The molecular formula is C11H5Cl2IOS. The van der Waals surface area contributed by atoms with Crippen molar-refractivity contribution in [2.75, 3.05) is 0 Å². The average Bonchev–Trinajstić information content (AvgIpc) is 2.64. The highest BCUT2D eigenvalue weighted by Gasteiger charge is 2.14. The molecule has 0 fully saturated rings. The Morgan fingerprint density at radius 2 is 2.00 bits per heavy atom. The highest BCUT2D eigenvalue weighted by molar-refractivity contribution is 14.1. The first-order valence-electron chi connectivity index (χ1n) is 4.31. The molecule has 0 aliphatic rings. The van der Waals surface area contributed by atoms with Gasteiger partial charge in [-0.3, -0.25) is 4.79 Å². The number of thiophene rings is 1. The lowest BCUT2D eigenvalue weighted by Gasteiger charge is -2.01. The first kappa shape index (κ1) is 12.4. The minimum Gasteiger partial charge on any atom is -0.289 e. The molecule has 0 saturated heterocycles. The summed E-state index contributed by atoms with van der Waals surface area (Å²) < 4.78 is 1.08. The summed E-state index contributed by atoms with van der Waals surface area (Å²) in [5.74, 6) is -0.0687. The van der Waals surface area contributed by atoms with Crippen LogP contribution in [0.15, 0.2) is 29.6 Å². The molecule has 0 aliphatic heterocycles. The van der Waals surface area contributed by atoms with Gasteiger partial charge < -0.3 is 0 Å². The lowest BCUT2D eigenvalue weighted by atomic mass is 10.1. The molecular weight excluding hydrogens is 378 g/mol. The van der Waals surface area contributed by atoms with Crippen LogP contribution in [0.2, 0.25) is 10.0 Å². The summed E-state index contributed by atoms with van der Waals surface area (Å²) in [5, 5.41) is 2.75. The van der Waals surface area contributed by atoms with Crippen LogP contribution < -0.4 is 0 Å². The van der Waals surface area contributed by atoms with Gasteiger partial charge in [0.05, 0.1) is 7.91 Å². The standard InChI is InChI=1S/C11H5Cl2IOS/c12-7-1-2-8(9(13)4-7)11(15)6-3-10(14)16-5-6/h1-5H. The second-order valence-corrected chi connectivity index (χ2v) is 6.74. The predicted molar refractivity (Wildman–Crippen MR) is 76.9 cm³/mol. The van der Waals surface area contributed by atoms with Crippen molar-refractivity contribution in [3.63, 3.8) is 0 Å². The third-order valence-electron chi connectivity index (χ3n) is 2.01. The Balaban J connectivity index is 2.41. The Morgan fingerprint density at radius 3 is 2.56 bits per heavy atom. The summed E-state index contributed by atoms with van der Waals surface area (Å²) in [6, 6.07) is 6.74. The van der Waals surface area contributed by atoms with Gasteiger partial charge in [-0.05, 0) is 46.9 Å². The van der Waals surface area contributed by atoms with Gasteiger partial charge >= 0.3 is 0 Å². The normalized spacial score (nSPS) is 10.4. The van der Waals surface area contributed by atoms with Gasteiger partial charge in [-0.1, -0.05) is 23.2 Å². The summed E-state index contributed by atoms with van der Waals surface area (Å²) in [6.07, 6.45) is 0. The van der Waals surface area contributed by atoms with E-state index in [2.05, 4.69) is 22.6 Å². The number of benzene rings is 1. The van der Waals surface area contributed by atoms with E-state index >= 15 is 0 Å². The van der Waals surface area contributed by atoms with Crippen LogP contribution in [0.25, 0.3) is 0 Å². The third-order valence-corrected chi connectivity index (χ3v) is 4.34. The smallest absolute Gasteiger partial charge is 0.195 e. The van der Waals surface area contributed by atoms with Gasteiger partial charge in [-0.2, -0.15) is 0 Å². The van der Waals surface area contributed by atoms with E-state index in [1.165, 1.54) is 11.3 Å². The van der Waals surface area contributed by atoms with Gasteiger partial charge in [0.1, 0.15) is 0 Å². The zero-order chi connectivity index (χ0) is 11.7. The fraction of sp³-hybridized carbons (Fsp3) is 0. The Bertz CT molecular complexity index is 551. The maximum absolute atomic E-state index is 12.1. The van der Waals surface area contributed by atoms with Crippen molar-refractivity contribution in [3.05, 3.63) is 53.7 Å². The Kier molecular flexibility index (Phi) is 3.89. The quantitative estimate of drug-likeness (QED) is 0.533. The number of carbonyl (C=O) groups is 1. The molecule has 82 valence electrons. The Labute approximate surface area is 121 Å². The molecule has 1 aromatic heterocycles. The van der Waals surface area contributed by atoms with Crippen LogP contribution in [0.3, 0.4) is 0 Å². The van der Waals surface area contributed by atoms with E-state index in [4.69, 9.17) is 23.2 Å². The number of halogens is 3. The van der Waals surface area contributed by atoms with E-state index in [1.54, 1.807) is 18.2 Å². The van der Waals surface area contributed by atoms with Crippen molar-refractivity contribution in [1.82, 2.24) is 0 Å². The van der Waals surface area contributed by atoms with E-state index in [1.807, 2.05) is 11.4 Å². The van der Waals surface area contributed by atoms with Crippen LogP contribution in [-0.2, 0) is 0 Å². The fourth-order valence-corrected chi connectivity index (χ4v) is 3.08. The minimum absolute atomic E-state index is 0.0687. The summed E-state index contributed by atoms with van der Waals surface area (Å²) >= 11 is 15.5. The largest absolute Gasteiger partial charge is 0.289 e. The van der Waals surface area contributed by atoms with Crippen molar-refractivity contribution >= 4 is 62.9 Å². The van der Waals surface area contributed by atoms with E-state index in [0.29, 0.717) is 21.2 Å². The van der Waals surface area contributed by atoms with Crippen molar-refractivity contribution < 1.29 is 4.79 Å². The topological polar surface area (TPSA) is 17.1 Å². The van der Waals surface area contributed by atoms with Gasteiger partial charge in [0.25, 0.3) is 0 Å². The maximum Gasteiger partial charge on any atom is 0.195 e. The first-order chi connectivity index (χ1) is 7.58. The number of hydrogen-bond acceptors (Lipinski definition) is 2. The number of carbonyl (C=O) groups excluding carboxylic acids is 1. The number of ketones is 1. The molecule has 1 nitrogen and oxygen atoms in total. The monoisotopic (exact) mass is 382 g/mol. The zero-order valence-corrected chi connectivity index (χ0v) is 12.3. The molecule has 0 unspecified atom stereocenters. The van der Waals surface area contributed by atoms with Crippen molar-refractivity contribution in [2.45, 2.75) is 0 Å². The van der Waals surface area contributed by atoms with E-state index in [0.717, 1.165) is 2.88 Å². The van der Waals surface area contributed by atoms with Gasteiger partial charge in [-0.25, -0.2) is 0 Å². The highest BCUT2D eigenvalue weighted by Crippen LogP contribution is 2.25. The van der Waals surface area contributed by atoms with E-state index in [9.17, 15) is 4.79 Å². The zero-order valence-electron chi connectivity index (χ0n) is 7.84. The molecule has 0 radical (unpaired) electrons. The molecule has 0 N–H and O–H groups in total. The van der Waals surface area contributed by atoms with Crippen LogP contribution in [-0.4, -0.2) is 5.78 Å². The molecule has 1 aromatic carbocycles. The average molecular weight is 383 g/mol. The molecule has 2 rings (SSSR count). The van der Waals surface area contributed by atoms with E-state index in [-0.39, 0.29) is 5.78 Å². The SMILES string of the molecule is O=C(c1csc(I)c1)c1ccc(Cl)cc1Cl. The van der Waals surface area contributed by atoms with Gasteiger partial charge in [-0.15, -0.1) is 11.3 Å². The molecule has 2 aromatic rings. The lowest BCUT2D eigenvalue weighted by molar-refractivity contribution is 0.103. The van der Waals surface area contributed by atoms with Crippen molar-refractivity contribution in [1.29, 1.82) is 0 Å². The molecule has 0 amide bonds. The fourth-order valence-electron chi connectivity index (χ4n) is 1.26. The lowest BCUT2D eigenvalue weighted by Crippen LogP contribution is -2.00. The maximum atomic E-state index is 12.1. The Morgan fingerprint density at radius 1 is 1.25 bits per heavy atom. The van der Waals surface area contributed by atoms with Crippen LogP contribution in [0.1, 0.15) is 15.9 Å². The Hall–Kier alpha value is -0.100. The molecule has 0 bridgehead atoms. The van der Waals surface area contributed by atoms with Gasteiger partial charge in [0.2, 0.25) is 0 Å². The molecule has 5 heteroatoms. The summed E-state index contributed by atoms with van der Waals surface area (Å²) in [6.45, 7) is 0. The van der Waals surface area contributed by atoms with Crippen LogP contribution in [0.5, 0.6) is 0 Å². The summed E-state index contributed by atoms with van der Waals surface area (Å²) in [5.41, 5.74) is 1.15. The minimum atomic E-state index is -0.0687. The third kappa shape index (κ3) is 2.59. The summed E-state index contributed by atoms with van der Waals surface area (Å²) in [4.78, 5) is 12.1. The predicted octanol–water partition coefficient (Wildman–Crippen LogP) is 4.89. The number of rotatable bonds is 2. The molecule has 16 heavy (non-hydrogen) atoms. The van der Waals surface area contributed by atoms with Crippen molar-refractivity contribution in [3.8, 4) is 0 Å².